The quantitative estimate of drug-likeness (QED) is 0.673. The van der Waals surface area contributed by atoms with Crippen LogP contribution in [0.5, 0.6) is 0 Å². The Balaban J connectivity index is 1.44. The van der Waals surface area contributed by atoms with Gasteiger partial charge in [0.1, 0.15) is 23.2 Å². The van der Waals surface area contributed by atoms with Crippen molar-refractivity contribution in [3.8, 4) is 11.3 Å². The van der Waals surface area contributed by atoms with Crippen molar-refractivity contribution in [2.75, 3.05) is 51.6 Å². The van der Waals surface area contributed by atoms with E-state index in [1.807, 2.05) is 0 Å². The van der Waals surface area contributed by atoms with Crippen molar-refractivity contribution in [3.63, 3.8) is 0 Å². The zero-order chi connectivity index (χ0) is 18.6. The fourth-order valence-electron chi connectivity index (χ4n) is 3.41. The fraction of sp³-hybridized carbons (Fsp3) is 0.450. The molecule has 1 aliphatic rings. The summed E-state index contributed by atoms with van der Waals surface area (Å²) in [6.45, 7) is 8.64. The Morgan fingerprint density at radius 3 is 2.63 bits per heavy atom. The third-order valence-corrected chi connectivity index (χ3v) is 5.14. The van der Waals surface area contributed by atoms with Gasteiger partial charge < -0.3 is 19.6 Å². The van der Waals surface area contributed by atoms with Crippen LogP contribution in [0.4, 0.5) is 5.82 Å². The normalized spacial score (nSPS) is 16.1. The SMILES string of the molecule is Cc1ccc(-c2noc3ncnc(NCCCN4CCN(C)CC4)c23)cc1. The van der Waals surface area contributed by atoms with E-state index >= 15 is 0 Å². The summed E-state index contributed by atoms with van der Waals surface area (Å²) in [5.74, 6) is 0.787. The summed E-state index contributed by atoms with van der Waals surface area (Å²) in [6, 6.07) is 8.25. The second-order valence-corrected chi connectivity index (χ2v) is 7.22. The van der Waals surface area contributed by atoms with Gasteiger partial charge in [0.25, 0.3) is 5.71 Å². The number of piperazine rings is 1. The van der Waals surface area contributed by atoms with Crippen LogP contribution in [0.25, 0.3) is 22.4 Å². The predicted molar refractivity (Wildman–Crippen MR) is 107 cm³/mol. The molecule has 0 aliphatic carbocycles. The molecule has 1 aliphatic heterocycles. The Hall–Kier alpha value is -2.51. The smallest absolute Gasteiger partial charge is 0.263 e. The first kappa shape index (κ1) is 17.9. The van der Waals surface area contributed by atoms with Crippen molar-refractivity contribution in [1.82, 2.24) is 24.9 Å². The van der Waals surface area contributed by atoms with Crippen LogP contribution in [0.3, 0.4) is 0 Å². The maximum atomic E-state index is 5.43. The lowest BCUT2D eigenvalue weighted by Crippen LogP contribution is -2.44. The Morgan fingerprint density at radius 2 is 1.85 bits per heavy atom. The number of rotatable bonds is 6. The van der Waals surface area contributed by atoms with Crippen molar-refractivity contribution < 1.29 is 4.52 Å². The molecule has 1 fully saturated rings. The minimum atomic E-state index is 0.516. The molecule has 7 heteroatoms. The Morgan fingerprint density at radius 1 is 1.07 bits per heavy atom. The number of nitrogens with one attached hydrogen (secondary N) is 1. The Bertz CT molecular complexity index is 883. The van der Waals surface area contributed by atoms with Gasteiger partial charge in [-0.1, -0.05) is 35.0 Å². The van der Waals surface area contributed by atoms with Crippen LogP contribution in [0.2, 0.25) is 0 Å². The third kappa shape index (κ3) is 4.09. The monoisotopic (exact) mass is 366 g/mol. The molecule has 27 heavy (non-hydrogen) atoms. The van der Waals surface area contributed by atoms with E-state index in [9.17, 15) is 0 Å². The van der Waals surface area contributed by atoms with Gasteiger partial charge in [-0.05, 0) is 26.9 Å². The second kappa shape index (κ2) is 8.02. The molecule has 3 aromatic rings. The van der Waals surface area contributed by atoms with Crippen molar-refractivity contribution in [1.29, 1.82) is 0 Å². The molecular formula is C20H26N6O. The standard InChI is InChI=1S/C20H26N6O/c1-15-4-6-16(7-5-15)18-17-19(22-14-23-20(17)27-24-18)21-8-3-9-26-12-10-25(2)11-13-26/h4-7,14H,3,8-13H2,1-2H3,(H,21,22,23). The number of anilines is 1. The summed E-state index contributed by atoms with van der Waals surface area (Å²) >= 11 is 0. The first-order valence-electron chi connectivity index (χ1n) is 9.53. The number of likely N-dealkylation sites (N-methyl/N-ethyl adjacent to an activating group) is 1. The Kier molecular flexibility index (Phi) is 5.31. The maximum Gasteiger partial charge on any atom is 0.263 e. The molecule has 0 radical (unpaired) electrons. The molecule has 0 bridgehead atoms. The zero-order valence-corrected chi connectivity index (χ0v) is 16.0. The zero-order valence-electron chi connectivity index (χ0n) is 16.0. The number of benzene rings is 1. The molecule has 0 spiro atoms. The molecule has 1 aromatic carbocycles. The predicted octanol–water partition coefficient (Wildman–Crippen LogP) is 2.64. The summed E-state index contributed by atoms with van der Waals surface area (Å²) in [6.07, 6.45) is 2.59. The number of fused-ring (bicyclic) bond motifs is 1. The summed E-state index contributed by atoms with van der Waals surface area (Å²) in [4.78, 5) is 13.6. The van der Waals surface area contributed by atoms with E-state index < -0.39 is 0 Å². The van der Waals surface area contributed by atoms with E-state index in [0.717, 1.165) is 68.2 Å². The molecule has 0 saturated carbocycles. The van der Waals surface area contributed by atoms with Crippen molar-refractivity contribution in [2.24, 2.45) is 0 Å². The van der Waals surface area contributed by atoms with Gasteiger partial charge >= 0.3 is 0 Å². The molecule has 3 heterocycles. The molecule has 1 N–H and O–H groups in total. The van der Waals surface area contributed by atoms with Gasteiger partial charge in [0, 0.05) is 38.3 Å². The van der Waals surface area contributed by atoms with E-state index in [2.05, 4.69) is 68.5 Å². The molecule has 1 saturated heterocycles. The number of aromatic nitrogens is 3. The van der Waals surface area contributed by atoms with E-state index in [1.54, 1.807) is 0 Å². The minimum absolute atomic E-state index is 0.516. The third-order valence-electron chi connectivity index (χ3n) is 5.14. The molecule has 4 rings (SSSR count). The highest BCUT2D eigenvalue weighted by Gasteiger charge is 2.17. The highest BCUT2D eigenvalue weighted by Crippen LogP contribution is 2.31. The van der Waals surface area contributed by atoms with E-state index in [1.165, 1.54) is 11.9 Å². The van der Waals surface area contributed by atoms with Crippen LogP contribution >= 0.6 is 0 Å². The van der Waals surface area contributed by atoms with Gasteiger partial charge in [0.15, 0.2) is 0 Å². The van der Waals surface area contributed by atoms with Crippen LogP contribution < -0.4 is 5.32 Å². The largest absolute Gasteiger partial charge is 0.369 e. The van der Waals surface area contributed by atoms with Gasteiger partial charge in [0.2, 0.25) is 0 Å². The van der Waals surface area contributed by atoms with Gasteiger partial charge in [0.05, 0.1) is 0 Å². The van der Waals surface area contributed by atoms with Crippen LogP contribution in [-0.4, -0.2) is 71.2 Å². The second-order valence-electron chi connectivity index (χ2n) is 7.22. The minimum Gasteiger partial charge on any atom is -0.369 e. The highest BCUT2D eigenvalue weighted by molar-refractivity contribution is 5.97. The van der Waals surface area contributed by atoms with Gasteiger partial charge in [-0.2, -0.15) is 4.98 Å². The molecule has 0 atom stereocenters. The van der Waals surface area contributed by atoms with Crippen LogP contribution in [0, 0.1) is 6.92 Å². The number of hydrogen-bond donors (Lipinski definition) is 1. The van der Waals surface area contributed by atoms with Gasteiger partial charge in [-0.3, -0.25) is 0 Å². The van der Waals surface area contributed by atoms with Gasteiger partial charge in [-0.25, -0.2) is 4.98 Å². The lowest BCUT2D eigenvalue weighted by atomic mass is 10.1. The van der Waals surface area contributed by atoms with E-state index in [-0.39, 0.29) is 0 Å². The lowest BCUT2D eigenvalue weighted by molar-refractivity contribution is 0.154. The first-order valence-corrected chi connectivity index (χ1v) is 9.53. The number of aryl methyl sites for hydroxylation is 1. The molecule has 0 unspecified atom stereocenters. The fourth-order valence-corrected chi connectivity index (χ4v) is 3.41. The summed E-state index contributed by atoms with van der Waals surface area (Å²) < 4.78 is 5.43. The van der Waals surface area contributed by atoms with E-state index in [0.29, 0.717) is 5.71 Å². The van der Waals surface area contributed by atoms with E-state index in [4.69, 9.17) is 4.52 Å². The molecule has 142 valence electrons. The van der Waals surface area contributed by atoms with Crippen molar-refractivity contribution in [3.05, 3.63) is 36.2 Å². The summed E-state index contributed by atoms with van der Waals surface area (Å²) in [5.41, 5.74) is 3.52. The Labute approximate surface area is 159 Å². The topological polar surface area (TPSA) is 70.3 Å². The highest BCUT2D eigenvalue weighted by atomic mass is 16.5. The molecule has 7 nitrogen and oxygen atoms in total. The summed E-state index contributed by atoms with van der Waals surface area (Å²) in [7, 11) is 2.18. The van der Waals surface area contributed by atoms with Crippen molar-refractivity contribution >= 4 is 16.9 Å². The average molecular weight is 366 g/mol. The van der Waals surface area contributed by atoms with Crippen LogP contribution in [0.1, 0.15) is 12.0 Å². The van der Waals surface area contributed by atoms with Crippen LogP contribution in [0.15, 0.2) is 35.1 Å². The molecule has 0 amide bonds. The molecular weight excluding hydrogens is 340 g/mol. The maximum absolute atomic E-state index is 5.43. The average Bonchev–Trinajstić information content (AvgIpc) is 3.12. The van der Waals surface area contributed by atoms with Crippen LogP contribution in [-0.2, 0) is 0 Å². The van der Waals surface area contributed by atoms with Crippen molar-refractivity contribution in [2.45, 2.75) is 13.3 Å². The number of hydrogen-bond acceptors (Lipinski definition) is 7. The summed E-state index contributed by atoms with van der Waals surface area (Å²) in [5, 5.41) is 8.54. The number of nitrogens with zero attached hydrogens (tertiary/aromatic N) is 5. The molecule has 2 aromatic heterocycles. The van der Waals surface area contributed by atoms with Gasteiger partial charge in [-0.15, -0.1) is 0 Å². The lowest BCUT2D eigenvalue weighted by Gasteiger charge is -2.32. The first-order chi connectivity index (χ1) is 13.2.